The number of hydrogen-bond donors (Lipinski definition) is 2. The van der Waals surface area contributed by atoms with Gasteiger partial charge in [0.15, 0.2) is 0 Å². The minimum Gasteiger partial charge on any atom is -0.495 e. The molecule has 4 aromatic rings. The minimum absolute atomic E-state index is 0.666. The first-order valence-corrected chi connectivity index (χ1v) is 11.3. The molecule has 0 bridgehead atoms. The Morgan fingerprint density at radius 1 is 1.27 bits per heavy atom. The third-order valence-electron chi connectivity index (χ3n) is 5.37. The molecule has 0 saturated carbocycles. The number of aromatic amines is 1. The zero-order valence-electron chi connectivity index (χ0n) is 18.8. The first-order valence-electron chi connectivity index (χ1n) is 10.3. The molecule has 166 valence electrons. The van der Waals surface area contributed by atoms with Crippen LogP contribution in [0.5, 0.6) is 5.75 Å². The summed E-state index contributed by atoms with van der Waals surface area (Å²) in [5.74, 6) is 0.720. The lowest BCUT2D eigenvalue weighted by molar-refractivity contribution is 0.412. The highest BCUT2D eigenvalue weighted by Gasteiger charge is 2.11. The van der Waals surface area contributed by atoms with Gasteiger partial charge >= 0.3 is 0 Å². The molecular formula is C26H25N5OS. The molecule has 2 N–H and O–H groups in total. The smallest absolute Gasteiger partial charge is 0.137 e. The van der Waals surface area contributed by atoms with Gasteiger partial charge in [0, 0.05) is 34.2 Å². The van der Waals surface area contributed by atoms with E-state index >= 15 is 0 Å². The average molecular weight is 456 g/mol. The van der Waals surface area contributed by atoms with Crippen LogP contribution < -0.4 is 20.6 Å². The highest BCUT2D eigenvalue weighted by molar-refractivity contribution is 7.08. The van der Waals surface area contributed by atoms with E-state index in [0.717, 1.165) is 50.0 Å². The van der Waals surface area contributed by atoms with E-state index in [1.807, 2.05) is 43.5 Å². The summed E-state index contributed by atoms with van der Waals surface area (Å²) in [4.78, 5) is 8.75. The number of methoxy groups -OCH3 is 1. The standard InChI is InChI=1S/C26H25N5OS/c1-16(21-12-22(32-5)14-27-13-21)6-7-24-18(3)25(31-30-24)19(4)29-23-8-10-28-26(17(23)2)20-9-11-33-15-20/h6-15,30H,3-4H2,1-2,5H3,(H,28,29)/b16-6+,24-7+. The summed E-state index contributed by atoms with van der Waals surface area (Å²) >= 11 is 1.65. The molecule has 0 aliphatic rings. The second-order valence-corrected chi connectivity index (χ2v) is 8.32. The van der Waals surface area contributed by atoms with Crippen molar-refractivity contribution in [2.24, 2.45) is 0 Å². The topological polar surface area (TPSA) is 75.7 Å². The summed E-state index contributed by atoms with van der Waals surface area (Å²) in [5, 5.41) is 16.6. The Morgan fingerprint density at radius 3 is 2.88 bits per heavy atom. The van der Waals surface area contributed by atoms with Crippen molar-refractivity contribution in [3.63, 3.8) is 0 Å². The number of anilines is 1. The molecule has 0 spiro atoms. The van der Waals surface area contributed by atoms with E-state index in [1.165, 1.54) is 0 Å². The Hall–Kier alpha value is -3.97. The normalized spacial score (nSPS) is 12.1. The van der Waals surface area contributed by atoms with Gasteiger partial charge < -0.3 is 10.1 Å². The van der Waals surface area contributed by atoms with Crippen molar-refractivity contribution in [1.29, 1.82) is 0 Å². The van der Waals surface area contributed by atoms with Crippen molar-refractivity contribution < 1.29 is 4.74 Å². The Bertz CT molecular complexity index is 1430. The highest BCUT2D eigenvalue weighted by Crippen LogP contribution is 2.29. The molecule has 4 aromatic heterocycles. The minimum atomic E-state index is 0.666. The zero-order chi connectivity index (χ0) is 23.4. The molecule has 7 heteroatoms. The Kier molecular flexibility index (Phi) is 6.51. The molecule has 0 aromatic carbocycles. The molecule has 0 aliphatic carbocycles. The number of aromatic nitrogens is 4. The summed E-state index contributed by atoms with van der Waals surface area (Å²) in [6.07, 6.45) is 9.23. The van der Waals surface area contributed by atoms with Crippen LogP contribution in [0.2, 0.25) is 0 Å². The van der Waals surface area contributed by atoms with Crippen molar-refractivity contribution in [3.05, 3.63) is 87.6 Å². The van der Waals surface area contributed by atoms with Gasteiger partial charge in [0.25, 0.3) is 0 Å². The lowest BCUT2D eigenvalue weighted by Crippen LogP contribution is -2.23. The number of ether oxygens (including phenoxy) is 1. The first-order chi connectivity index (χ1) is 16.0. The molecule has 0 fully saturated rings. The average Bonchev–Trinajstić information content (AvgIpc) is 3.49. The van der Waals surface area contributed by atoms with E-state index in [0.29, 0.717) is 11.4 Å². The molecular weight excluding hydrogens is 430 g/mol. The molecule has 6 nitrogen and oxygen atoms in total. The van der Waals surface area contributed by atoms with E-state index in [4.69, 9.17) is 4.74 Å². The zero-order valence-corrected chi connectivity index (χ0v) is 19.7. The Labute approximate surface area is 196 Å². The van der Waals surface area contributed by atoms with Gasteiger partial charge in [-0.05, 0) is 60.2 Å². The third-order valence-corrected chi connectivity index (χ3v) is 6.06. The maximum Gasteiger partial charge on any atom is 0.137 e. The van der Waals surface area contributed by atoms with Crippen molar-refractivity contribution in [2.75, 3.05) is 12.4 Å². The van der Waals surface area contributed by atoms with Crippen LogP contribution in [0, 0.1) is 6.92 Å². The second kappa shape index (κ2) is 9.67. The van der Waals surface area contributed by atoms with Crippen molar-refractivity contribution in [1.82, 2.24) is 20.2 Å². The number of pyridine rings is 2. The monoisotopic (exact) mass is 455 g/mol. The van der Waals surface area contributed by atoms with E-state index in [9.17, 15) is 0 Å². The summed E-state index contributed by atoms with van der Waals surface area (Å²) < 4.78 is 5.26. The van der Waals surface area contributed by atoms with Crippen molar-refractivity contribution in [2.45, 2.75) is 13.8 Å². The van der Waals surface area contributed by atoms with Crippen LogP contribution in [0.15, 0.2) is 60.2 Å². The molecule has 0 unspecified atom stereocenters. The number of thiophene rings is 1. The number of rotatable bonds is 7. The fraction of sp³-hybridized carbons (Fsp3) is 0.115. The SMILES string of the molecule is C=C(Nc1ccnc(-c2ccsc2)c1C)c1n[nH]/c(=C/C=C(\C)c2cncc(OC)c2)c1=C. The fourth-order valence-corrected chi connectivity index (χ4v) is 4.04. The summed E-state index contributed by atoms with van der Waals surface area (Å²) in [6, 6.07) is 5.95. The van der Waals surface area contributed by atoms with Gasteiger partial charge in [-0.2, -0.15) is 16.4 Å². The summed E-state index contributed by atoms with van der Waals surface area (Å²) in [7, 11) is 1.63. The Balaban J connectivity index is 1.57. The van der Waals surface area contributed by atoms with Crippen LogP contribution in [-0.4, -0.2) is 27.3 Å². The predicted octanol–water partition coefficient (Wildman–Crippen LogP) is 4.62. The van der Waals surface area contributed by atoms with Gasteiger partial charge in [0.05, 0.1) is 30.0 Å². The number of nitrogens with one attached hydrogen (secondary N) is 2. The van der Waals surface area contributed by atoms with E-state index in [1.54, 1.807) is 37.0 Å². The second-order valence-electron chi connectivity index (χ2n) is 7.54. The van der Waals surface area contributed by atoms with Crippen LogP contribution in [0.4, 0.5) is 5.69 Å². The largest absolute Gasteiger partial charge is 0.495 e. The fourth-order valence-electron chi connectivity index (χ4n) is 3.40. The predicted molar refractivity (Wildman–Crippen MR) is 137 cm³/mol. The molecule has 0 radical (unpaired) electrons. The van der Waals surface area contributed by atoms with Crippen molar-refractivity contribution in [3.8, 4) is 17.0 Å². The molecule has 0 amide bonds. The lowest BCUT2D eigenvalue weighted by Gasteiger charge is -2.12. The van der Waals surface area contributed by atoms with Gasteiger partial charge in [0.2, 0.25) is 0 Å². The van der Waals surface area contributed by atoms with Crippen LogP contribution >= 0.6 is 11.3 Å². The molecule has 0 saturated heterocycles. The van der Waals surface area contributed by atoms with Crippen LogP contribution in [0.3, 0.4) is 0 Å². The quantitative estimate of drug-likeness (QED) is 0.425. The summed E-state index contributed by atoms with van der Waals surface area (Å²) in [6.45, 7) is 12.5. The van der Waals surface area contributed by atoms with Crippen molar-refractivity contribution >= 4 is 40.9 Å². The number of nitrogens with zero attached hydrogens (tertiary/aromatic N) is 3. The van der Waals surface area contributed by atoms with Gasteiger partial charge in [-0.1, -0.05) is 19.2 Å². The summed E-state index contributed by atoms with van der Waals surface area (Å²) in [5.41, 5.74) is 7.42. The molecule has 0 atom stereocenters. The number of hydrogen-bond acceptors (Lipinski definition) is 6. The number of H-pyrrole nitrogens is 1. The van der Waals surface area contributed by atoms with E-state index in [2.05, 4.69) is 50.1 Å². The molecule has 33 heavy (non-hydrogen) atoms. The molecule has 0 aliphatic heterocycles. The third kappa shape index (κ3) is 4.78. The Morgan fingerprint density at radius 2 is 2.12 bits per heavy atom. The van der Waals surface area contributed by atoms with Gasteiger partial charge in [-0.25, -0.2) is 0 Å². The van der Waals surface area contributed by atoms with Gasteiger partial charge in [0.1, 0.15) is 11.4 Å². The maximum absolute atomic E-state index is 5.26. The van der Waals surface area contributed by atoms with Crippen LogP contribution in [0.1, 0.15) is 23.7 Å². The van der Waals surface area contributed by atoms with Crippen LogP contribution in [0.25, 0.3) is 35.2 Å². The van der Waals surface area contributed by atoms with Crippen LogP contribution in [-0.2, 0) is 0 Å². The van der Waals surface area contributed by atoms with E-state index in [-0.39, 0.29) is 0 Å². The maximum atomic E-state index is 5.26. The molecule has 4 rings (SSSR count). The number of allylic oxidation sites excluding steroid dienone is 2. The van der Waals surface area contributed by atoms with Gasteiger partial charge in [-0.15, -0.1) is 0 Å². The first kappa shape index (κ1) is 22.2. The highest BCUT2D eigenvalue weighted by atomic mass is 32.1. The lowest BCUT2D eigenvalue weighted by atomic mass is 10.1. The molecule has 4 heterocycles. The van der Waals surface area contributed by atoms with E-state index < -0.39 is 0 Å². The van der Waals surface area contributed by atoms with Gasteiger partial charge in [-0.3, -0.25) is 15.1 Å².